The van der Waals surface area contributed by atoms with Crippen LogP contribution < -0.4 is 5.32 Å². The Morgan fingerprint density at radius 2 is 2.20 bits per heavy atom. The maximum Gasteiger partial charge on any atom is 0.134 e. The maximum atomic E-state index is 5.69. The number of halogens is 1. The topological polar surface area (TPSA) is 56.3 Å². The van der Waals surface area contributed by atoms with Gasteiger partial charge in [0.15, 0.2) is 0 Å². The molecule has 0 unspecified atom stereocenters. The lowest BCUT2D eigenvalue weighted by molar-refractivity contribution is 0.0759. The Kier molecular flexibility index (Phi) is 5.99. The van der Waals surface area contributed by atoms with Crippen LogP contribution in [-0.2, 0) is 9.47 Å². The minimum Gasteiger partial charge on any atom is -0.382 e. The van der Waals surface area contributed by atoms with E-state index < -0.39 is 0 Å². The van der Waals surface area contributed by atoms with Crippen molar-refractivity contribution in [1.29, 1.82) is 0 Å². The Bertz CT molecular complexity index is 286. The summed E-state index contributed by atoms with van der Waals surface area (Å²) in [5.74, 6) is 0.699. The molecule has 0 aromatic carbocycles. The number of rotatable bonds is 7. The van der Waals surface area contributed by atoms with Gasteiger partial charge in [-0.3, -0.25) is 0 Å². The minimum absolute atomic E-state index is 0.424. The van der Waals surface area contributed by atoms with Crippen LogP contribution in [0, 0.1) is 0 Å². The molecule has 5 nitrogen and oxygen atoms in total. The van der Waals surface area contributed by atoms with Crippen LogP contribution in [0.4, 0.5) is 5.82 Å². The number of nitrogens with one attached hydrogen (secondary N) is 1. The first-order valence-corrected chi connectivity index (χ1v) is 4.99. The van der Waals surface area contributed by atoms with Gasteiger partial charge in [0.25, 0.3) is 0 Å². The van der Waals surface area contributed by atoms with Gasteiger partial charge in [0.2, 0.25) is 0 Å². The summed E-state index contributed by atoms with van der Waals surface area (Å²) in [5.41, 5.74) is 0. The predicted molar refractivity (Wildman–Crippen MR) is 58.2 cm³/mol. The molecule has 0 aliphatic heterocycles. The van der Waals surface area contributed by atoms with Gasteiger partial charge >= 0.3 is 0 Å². The van der Waals surface area contributed by atoms with E-state index in [4.69, 9.17) is 21.1 Å². The van der Waals surface area contributed by atoms with Gasteiger partial charge in [0.1, 0.15) is 17.3 Å². The van der Waals surface area contributed by atoms with Gasteiger partial charge in [-0.1, -0.05) is 11.6 Å². The number of anilines is 1. The van der Waals surface area contributed by atoms with Crippen molar-refractivity contribution in [3.05, 3.63) is 17.5 Å². The van der Waals surface area contributed by atoms with E-state index in [1.807, 2.05) is 0 Å². The largest absolute Gasteiger partial charge is 0.382 e. The van der Waals surface area contributed by atoms with Gasteiger partial charge in [-0.15, -0.1) is 0 Å². The monoisotopic (exact) mass is 231 g/mol. The molecule has 84 valence electrons. The third-order valence-electron chi connectivity index (χ3n) is 1.62. The third-order valence-corrected chi connectivity index (χ3v) is 1.82. The minimum atomic E-state index is 0.424. The number of hydrogen-bond donors (Lipinski definition) is 1. The molecule has 0 aliphatic rings. The first-order chi connectivity index (χ1) is 7.33. The summed E-state index contributed by atoms with van der Waals surface area (Å²) >= 11 is 5.69. The molecule has 6 heteroatoms. The van der Waals surface area contributed by atoms with Gasteiger partial charge in [-0.2, -0.15) is 0 Å². The van der Waals surface area contributed by atoms with Crippen molar-refractivity contribution in [3.63, 3.8) is 0 Å². The summed E-state index contributed by atoms with van der Waals surface area (Å²) in [6, 6.07) is 1.66. The zero-order chi connectivity index (χ0) is 10.9. The lowest BCUT2D eigenvalue weighted by atomic mass is 10.5. The molecule has 1 N–H and O–H groups in total. The highest BCUT2D eigenvalue weighted by Gasteiger charge is 1.95. The zero-order valence-electron chi connectivity index (χ0n) is 8.57. The van der Waals surface area contributed by atoms with Crippen LogP contribution in [0.2, 0.25) is 5.15 Å². The number of methoxy groups -OCH3 is 1. The van der Waals surface area contributed by atoms with E-state index in [2.05, 4.69) is 15.3 Å². The average Bonchev–Trinajstić information content (AvgIpc) is 2.23. The Labute approximate surface area is 93.8 Å². The van der Waals surface area contributed by atoms with Crippen molar-refractivity contribution in [3.8, 4) is 0 Å². The van der Waals surface area contributed by atoms with Crippen molar-refractivity contribution >= 4 is 17.4 Å². The van der Waals surface area contributed by atoms with E-state index in [0.29, 0.717) is 37.3 Å². The van der Waals surface area contributed by atoms with Crippen LogP contribution >= 0.6 is 11.6 Å². The van der Waals surface area contributed by atoms with Crippen LogP contribution in [0.3, 0.4) is 0 Å². The number of ether oxygens (including phenoxy) is 2. The molecule has 15 heavy (non-hydrogen) atoms. The highest BCUT2D eigenvalue weighted by atomic mass is 35.5. The normalized spacial score (nSPS) is 10.3. The molecule has 0 spiro atoms. The summed E-state index contributed by atoms with van der Waals surface area (Å²) in [7, 11) is 1.64. The second-order valence-electron chi connectivity index (χ2n) is 2.76. The summed E-state index contributed by atoms with van der Waals surface area (Å²) in [6.07, 6.45) is 1.41. The molecular formula is C9H14ClN3O2. The molecule has 0 fully saturated rings. The quantitative estimate of drug-likeness (QED) is 0.565. The van der Waals surface area contributed by atoms with Gasteiger partial charge in [-0.25, -0.2) is 9.97 Å². The van der Waals surface area contributed by atoms with Gasteiger partial charge in [0, 0.05) is 19.7 Å². The molecule has 1 aromatic rings. The Morgan fingerprint density at radius 3 is 2.93 bits per heavy atom. The molecule has 0 aliphatic carbocycles. The second kappa shape index (κ2) is 7.39. The highest BCUT2D eigenvalue weighted by Crippen LogP contribution is 2.07. The van der Waals surface area contributed by atoms with Crippen molar-refractivity contribution in [2.45, 2.75) is 0 Å². The first-order valence-electron chi connectivity index (χ1n) is 4.61. The van der Waals surface area contributed by atoms with E-state index >= 15 is 0 Å². The Balaban J connectivity index is 2.10. The second-order valence-corrected chi connectivity index (χ2v) is 3.15. The van der Waals surface area contributed by atoms with E-state index in [9.17, 15) is 0 Å². The zero-order valence-corrected chi connectivity index (χ0v) is 9.33. The standard InChI is InChI=1S/C9H14ClN3O2/c1-14-4-5-15-3-2-11-9-6-8(10)12-7-13-9/h6-7H,2-5H2,1H3,(H,11,12,13). The summed E-state index contributed by atoms with van der Waals surface area (Å²) < 4.78 is 10.1. The average molecular weight is 232 g/mol. The molecular weight excluding hydrogens is 218 g/mol. The van der Waals surface area contributed by atoms with Gasteiger partial charge < -0.3 is 14.8 Å². The summed E-state index contributed by atoms with van der Waals surface area (Å²) in [6.45, 7) is 2.49. The maximum absolute atomic E-state index is 5.69. The molecule has 1 heterocycles. The molecule has 0 bridgehead atoms. The Hall–Kier alpha value is -0.910. The Morgan fingerprint density at radius 1 is 1.33 bits per heavy atom. The van der Waals surface area contributed by atoms with E-state index in [1.54, 1.807) is 13.2 Å². The molecule has 0 saturated carbocycles. The van der Waals surface area contributed by atoms with Crippen LogP contribution in [0.25, 0.3) is 0 Å². The smallest absolute Gasteiger partial charge is 0.134 e. The molecule has 1 rings (SSSR count). The highest BCUT2D eigenvalue weighted by molar-refractivity contribution is 6.29. The van der Waals surface area contributed by atoms with Crippen molar-refractivity contribution in [2.75, 3.05) is 38.8 Å². The van der Waals surface area contributed by atoms with E-state index in [-0.39, 0.29) is 0 Å². The summed E-state index contributed by atoms with van der Waals surface area (Å²) in [4.78, 5) is 7.76. The number of hydrogen-bond acceptors (Lipinski definition) is 5. The third kappa shape index (κ3) is 5.51. The fraction of sp³-hybridized carbons (Fsp3) is 0.556. The lowest BCUT2D eigenvalue weighted by Crippen LogP contribution is -2.12. The van der Waals surface area contributed by atoms with E-state index in [1.165, 1.54) is 6.33 Å². The molecule has 0 atom stereocenters. The molecule has 1 aromatic heterocycles. The number of nitrogens with zero attached hydrogens (tertiary/aromatic N) is 2. The molecule has 0 radical (unpaired) electrons. The number of aromatic nitrogens is 2. The van der Waals surface area contributed by atoms with Crippen LogP contribution in [0.15, 0.2) is 12.4 Å². The molecule has 0 amide bonds. The fourth-order valence-electron chi connectivity index (χ4n) is 0.926. The van der Waals surface area contributed by atoms with E-state index in [0.717, 1.165) is 0 Å². The van der Waals surface area contributed by atoms with Gasteiger partial charge in [0.05, 0.1) is 19.8 Å². The van der Waals surface area contributed by atoms with Crippen LogP contribution in [0.1, 0.15) is 0 Å². The van der Waals surface area contributed by atoms with Gasteiger partial charge in [-0.05, 0) is 0 Å². The lowest BCUT2D eigenvalue weighted by Gasteiger charge is -2.05. The predicted octanol–water partition coefficient (Wildman–Crippen LogP) is 1.20. The molecule has 0 saturated heterocycles. The fourth-order valence-corrected chi connectivity index (χ4v) is 1.07. The van der Waals surface area contributed by atoms with Crippen molar-refractivity contribution in [2.24, 2.45) is 0 Å². The first kappa shape index (κ1) is 12.2. The van der Waals surface area contributed by atoms with Crippen LogP contribution in [0.5, 0.6) is 0 Å². The SMILES string of the molecule is COCCOCCNc1cc(Cl)ncn1. The van der Waals surface area contributed by atoms with Crippen LogP contribution in [-0.4, -0.2) is 43.4 Å². The summed E-state index contributed by atoms with van der Waals surface area (Å²) in [5, 5.41) is 3.48. The van der Waals surface area contributed by atoms with Crippen molar-refractivity contribution < 1.29 is 9.47 Å². The van der Waals surface area contributed by atoms with Crippen molar-refractivity contribution in [1.82, 2.24) is 9.97 Å².